The van der Waals surface area contributed by atoms with Crippen LogP contribution < -0.4 is 14.9 Å². The highest BCUT2D eigenvalue weighted by atomic mass is 32.2. The number of carbonyl (C=O) groups is 2. The lowest BCUT2D eigenvalue weighted by Gasteiger charge is -2.16. The third-order valence-corrected chi connectivity index (χ3v) is 6.18. The molecule has 2 N–H and O–H groups in total. The highest BCUT2D eigenvalue weighted by Gasteiger charge is 2.30. The first-order valence-electron chi connectivity index (χ1n) is 9.31. The number of aliphatic imine (C=N–C) groups is 1. The maximum Gasteiger partial charge on any atom is 0.263 e. The summed E-state index contributed by atoms with van der Waals surface area (Å²) in [4.78, 5) is 30.3. The SMILES string of the molecule is O=C(CCN=C1NS(=O)(=O)c2ccccc21)Nc1cccc(N2CCCC2=O)c1. The van der Waals surface area contributed by atoms with E-state index in [1.54, 1.807) is 41.3 Å². The molecule has 29 heavy (non-hydrogen) atoms. The quantitative estimate of drug-likeness (QED) is 0.782. The lowest BCUT2D eigenvalue weighted by atomic mass is 10.2. The van der Waals surface area contributed by atoms with E-state index >= 15 is 0 Å². The third-order valence-electron chi connectivity index (χ3n) is 4.79. The molecule has 1 fully saturated rings. The fraction of sp³-hybridized carbons (Fsp3) is 0.250. The predicted molar refractivity (Wildman–Crippen MR) is 109 cm³/mol. The number of rotatable bonds is 5. The summed E-state index contributed by atoms with van der Waals surface area (Å²) in [7, 11) is -3.58. The van der Waals surface area contributed by atoms with E-state index in [-0.39, 0.29) is 35.5 Å². The fourth-order valence-electron chi connectivity index (χ4n) is 3.42. The molecule has 0 bridgehead atoms. The maximum atomic E-state index is 12.3. The van der Waals surface area contributed by atoms with Gasteiger partial charge in [-0.25, -0.2) is 8.42 Å². The van der Waals surface area contributed by atoms with Crippen molar-refractivity contribution in [1.29, 1.82) is 0 Å². The standard InChI is InChI=1S/C20H20N4O4S/c25-18(22-14-5-3-6-15(13-14)24-12-4-9-19(24)26)10-11-21-20-16-7-1-2-8-17(16)29(27,28)23-20/h1-3,5-8,13H,4,9-12H2,(H,21,23)(H,22,25). The summed E-state index contributed by atoms with van der Waals surface area (Å²) in [5.74, 6) is 0.0972. The Bertz CT molecular complexity index is 1110. The van der Waals surface area contributed by atoms with E-state index in [9.17, 15) is 18.0 Å². The van der Waals surface area contributed by atoms with Crippen molar-refractivity contribution in [2.45, 2.75) is 24.2 Å². The van der Waals surface area contributed by atoms with Gasteiger partial charge in [0.25, 0.3) is 10.0 Å². The molecule has 2 amide bonds. The minimum Gasteiger partial charge on any atom is -0.326 e. The number of nitrogens with one attached hydrogen (secondary N) is 2. The van der Waals surface area contributed by atoms with Gasteiger partial charge in [0.1, 0.15) is 5.84 Å². The normalized spacial score (nSPS) is 18.6. The van der Waals surface area contributed by atoms with Crippen molar-refractivity contribution in [1.82, 2.24) is 4.72 Å². The maximum absolute atomic E-state index is 12.3. The minimum atomic E-state index is -3.58. The molecule has 2 aliphatic rings. The van der Waals surface area contributed by atoms with Gasteiger partial charge in [-0.1, -0.05) is 18.2 Å². The molecule has 2 aromatic carbocycles. The second-order valence-corrected chi connectivity index (χ2v) is 8.48. The summed E-state index contributed by atoms with van der Waals surface area (Å²) in [6.45, 7) is 0.827. The highest BCUT2D eigenvalue weighted by molar-refractivity contribution is 7.90. The Hall–Kier alpha value is -3.20. The molecule has 2 heterocycles. The van der Waals surface area contributed by atoms with Crippen molar-refractivity contribution in [2.24, 2.45) is 4.99 Å². The Morgan fingerprint density at radius 1 is 1.17 bits per heavy atom. The molecule has 0 radical (unpaired) electrons. The zero-order valence-corrected chi connectivity index (χ0v) is 16.4. The Balaban J connectivity index is 1.38. The van der Waals surface area contributed by atoms with Gasteiger partial charge in [-0.3, -0.25) is 19.3 Å². The summed E-state index contributed by atoms with van der Waals surface area (Å²) in [6.07, 6.45) is 1.48. The van der Waals surface area contributed by atoms with Crippen LogP contribution >= 0.6 is 0 Å². The fourth-order valence-corrected chi connectivity index (χ4v) is 4.67. The van der Waals surface area contributed by atoms with Crippen molar-refractivity contribution in [2.75, 3.05) is 23.3 Å². The molecule has 0 atom stereocenters. The Morgan fingerprint density at radius 2 is 2.00 bits per heavy atom. The summed E-state index contributed by atoms with van der Waals surface area (Å²) in [5.41, 5.74) is 1.88. The van der Waals surface area contributed by atoms with E-state index in [0.29, 0.717) is 24.2 Å². The Morgan fingerprint density at radius 3 is 2.79 bits per heavy atom. The van der Waals surface area contributed by atoms with E-state index < -0.39 is 10.0 Å². The number of benzene rings is 2. The number of amidine groups is 1. The number of nitrogens with zero attached hydrogens (tertiary/aromatic N) is 2. The lowest BCUT2D eigenvalue weighted by molar-refractivity contribution is -0.117. The van der Waals surface area contributed by atoms with Crippen LogP contribution in [0.3, 0.4) is 0 Å². The summed E-state index contributed by atoms with van der Waals surface area (Å²) >= 11 is 0. The van der Waals surface area contributed by atoms with Crippen molar-refractivity contribution in [3.8, 4) is 0 Å². The van der Waals surface area contributed by atoms with E-state index in [4.69, 9.17) is 0 Å². The zero-order valence-electron chi connectivity index (χ0n) is 15.6. The Kier molecular flexibility index (Phi) is 5.06. The average molecular weight is 412 g/mol. The predicted octanol–water partition coefficient (Wildman–Crippen LogP) is 1.88. The molecule has 8 nitrogen and oxygen atoms in total. The number of fused-ring (bicyclic) bond motifs is 1. The van der Waals surface area contributed by atoms with Crippen LogP contribution in [0, 0.1) is 0 Å². The molecule has 0 saturated carbocycles. The molecule has 2 aromatic rings. The molecule has 9 heteroatoms. The molecule has 4 rings (SSSR count). The summed E-state index contributed by atoms with van der Waals surface area (Å²) in [6, 6.07) is 13.8. The summed E-state index contributed by atoms with van der Waals surface area (Å²) < 4.78 is 26.5. The molecule has 0 aliphatic carbocycles. The van der Waals surface area contributed by atoms with Crippen LogP contribution in [-0.2, 0) is 19.6 Å². The van der Waals surface area contributed by atoms with Crippen LogP contribution in [0.15, 0.2) is 58.4 Å². The largest absolute Gasteiger partial charge is 0.326 e. The van der Waals surface area contributed by atoms with Crippen LogP contribution in [0.25, 0.3) is 0 Å². The van der Waals surface area contributed by atoms with Gasteiger partial charge in [0.15, 0.2) is 0 Å². The molecular formula is C20H20N4O4S. The van der Waals surface area contributed by atoms with Crippen molar-refractivity contribution >= 4 is 39.0 Å². The zero-order chi connectivity index (χ0) is 20.4. The molecule has 0 aromatic heterocycles. The van der Waals surface area contributed by atoms with Crippen LogP contribution in [-0.4, -0.2) is 39.2 Å². The van der Waals surface area contributed by atoms with Gasteiger partial charge in [-0.2, -0.15) is 0 Å². The number of sulfonamides is 1. The number of hydrogen-bond donors (Lipinski definition) is 2. The van der Waals surface area contributed by atoms with Crippen LogP contribution in [0.1, 0.15) is 24.8 Å². The molecule has 0 unspecified atom stereocenters. The van der Waals surface area contributed by atoms with Crippen molar-refractivity contribution < 1.29 is 18.0 Å². The van der Waals surface area contributed by atoms with E-state index in [0.717, 1.165) is 12.1 Å². The molecular weight excluding hydrogens is 392 g/mol. The minimum absolute atomic E-state index is 0.0867. The van der Waals surface area contributed by atoms with E-state index in [2.05, 4.69) is 15.0 Å². The first-order chi connectivity index (χ1) is 13.9. The van der Waals surface area contributed by atoms with Gasteiger partial charge in [-0.15, -0.1) is 0 Å². The molecule has 150 valence electrons. The lowest BCUT2D eigenvalue weighted by Crippen LogP contribution is -2.24. The van der Waals surface area contributed by atoms with Crippen LogP contribution in [0.5, 0.6) is 0 Å². The van der Waals surface area contributed by atoms with Crippen LogP contribution in [0.4, 0.5) is 11.4 Å². The second kappa shape index (κ2) is 7.67. The van der Waals surface area contributed by atoms with Gasteiger partial charge in [-0.05, 0) is 36.8 Å². The number of amides is 2. The highest BCUT2D eigenvalue weighted by Crippen LogP contribution is 2.24. The van der Waals surface area contributed by atoms with Gasteiger partial charge in [0.2, 0.25) is 11.8 Å². The Labute approximate surface area is 168 Å². The molecule has 0 spiro atoms. The number of anilines is 2. The van der Waals surface area contributed by atoms with Gasteiger partial charge in [0, 0.05) is 36.3 Å². The topological polar surface area (TPSA) is 108 Å². The van der Waals surface area contributed by atoms with Crippen LogP contribution in [0.2, 0.25) is 0 Å². The number of carbonyl (C=O) groups excluding carboxylic acids is 2. The van der Waals surface area contributed by atoms with Gasteiger partial charge in [0.05, 0.1) is 11.4 Å². The third kappa shape index (κ3) is 4.00. The van der Waals surface area contributed by atoms with E-state index in [1.165, 1.54) is 6.07 Å². The van der Waals surface area contributed by atoms with Gasteiger partial charge < -0.3 is 10.2 Å². The monoisotopic (exact) mass is 412 g/mol. The van der Waals surface area contributed by atoms with Gasteiger partial charge >= 0.3 is 0 Å². The van der Waals surface area contributed by atoms with Crippen molar-refractivity contribution in [3.05, 3.63) is 54.1 Å². The molecule has 2 aliphatic heterocycles. The second-order valence-electron chi connectivity index (χ2n) is 6.83. The summed E-state index contributed by atoms with van der Waals surface area (Å²) in [5, 5.41) is 2.80. The smallest absolute Gasteiger partial charge is 0.263 e. The van der Waals surface area contributed by atoms with Crippen molar-refractivity contribution in [3.63, 3.8) is 0 Å². The average Bonchev–Trinajstić information content (AvgIpc) is 3.23. The molecule has 1 saturated heterocycles. The first-order valence-corrected chi connectivity index (χ1v) is 10.8. The number of hydrogen-bond acceptors (Lipinski definition) is 5. The van der Waals surface area contributed by atoms with E-state index in [1.807, 2.05) is 6.07 Å². The first kappa shape index (κ1) is 19.1.